The van der Waals surface area contributed by atoms with E-state index in [-0.39, 0.29) is 0 Å². The standard InChI is InChI=1S/C21H35N5/c1-4-19(25-12-5-6-13-25)15-23-21(22-3)24-18-11-14-26(16-18)20-9-7-17(2)8-10-20/h7-10,18-19H,4-6,11-16H2,1-3H3,(H2,22,23,24). The van der Waals surface area contributed by atoms with Gasteiger partial charge in [-0.25, -0.2) is 0 Å². The van der Waals surface area contributed by atoms with Crippen LogP contribution < -0.4 is 15.5 Å². The molecule has 0 aromatic heterocycles. The Morgan fingerprint density at radius 2 is 1.92 bits per heavy atom. The van der Waals surface area contributed by atoms with Crippen molar-refractivity contribution < 1.29 is 0 Å². The number of aliphatic imine (C=N–C) groups is 1. The molecule has 1 aromatic carbocycles. The van der Waals surface area contributed by atoms with Gasteiger partial charge in [-0.2, -0.15) is 0 Å². The van der Waals surface area contributed by atoms with Gasteiger partial charge in [-0.3, -0.25) is 9.89 Å². The number of likely N-dealkylation sites (tertiary alicyclic amines) is 1. The summed E-state index contributed by atoms with van der Waals surface area (Å²) in [7, 11) is 1.87. The minimum absolute atomic E-state index is 0.453. The van der Waals surface area contributed by atoms with Crippen molar-refractivity contribution >= 4 is 11.6 Å². The summed E-state index contributed by atoms with van der Waals surface area (Å²) < 4.78 is 0. The van der Waals surface area contributed by atoms with Gasteiger partial charge in [-0.05, 0) is 57.8 Å². The van der Waals surface area contributed by atoms with Crippen LogP contribution in [0.25, 0.3) is 0 Å². The highest BCUT2D eigenvalue weighted by molar-refractivity contribution is 5.80. The van der Waals surface area contributed by atoms with Crippen LogP contribution in [0.2, 0.25) is 0 Å². The van der Waals surface area contributed by atoms with Crippen LogP contribution in [0.5, 0.6) is 0 Å². The lowest BCUT2D eigenvalue weighted by atomic mass is 10.2. The predicted octanol–water partition coefficient (Wildman–Crippen LogP) is 2.61. The Morgan fingerprint density at radius 1 is 1.19 bits per heavy atom. The molecule has 2 fully saturated rings. The molecule has 2 aliphatic heterocycles. The van der Waals surface area contributed by atoms with E-state index in [4.69, 9.17) is 0 Å². The third-order valence-electron chi connectivity index (χ3n) is 5.79. The topological polar surface area (TPSA) is 42.9 Å². The van der Waals surface area contributed by atoms with Gasteiger partial charge >= 0.3 is 0 Å². The van der Waals surface area contributed by atoms with Crippen molar-refractivity contribution in [3.63, 3.8) is 0 Å². The minimum atomic E-state index is 0.453. The fourth-order valence-electron chi connectivity index (χ4n) is 4.11. The molecule has 2 N–H and O–H groups in total. The van der Waals surface area contributed by atoms with Crippen molar-refractivity contribution in [2.24, 2.45) is 4.99 Å². The molecule has 0 radical (unpaired) electrons. The maximum Gasteiger partial charge on any atom is 0.191 e. The first kappa shape index (κ1) is 19.0. The largest absolute Gasteiger partial charge is 0.369 e. The van der Waals surface area contributed by atoms with Crippen molar-refractivity contribution in [2.45, 2.75) is 51.6 Å². The van der Waals surface area contributed by atoms with Crippen molar-refractivity contribution in [3.05, 3.63) is 29.8 Å². The Hall–Kier alpha value is -1.75. The Balaban J connectivity index is 1.47. The van der Waals surface area contributed by atoms with Gasteiger partial charge in [0.1, 0.15) is 0 Å². The van der Waals surface area contributed by atoms with E-state index in [1.54, 1.807) is 0 Å². The summed E-state index contributed by atoms with van der Waals surface area (Å²) in [6.07, 6.45) is 5.04. The van der Waals surface area contributed by atoms with Crippen LogP contribution in [-0.4, -0.2) is 62.7 Å². The molecule has 0 spiro atoms. The third-order valence-corrected chi connectivity index (χ3v) is 5.79. The number of aryl methyl sites for hydroxylation is 1. The number of benzene rings is 1. The van der Waals surface area contributed by atoms with Crippen molar-refractivity contribution in [1.82, 2.24) is 15.5 Å². The molecule has 0 saturated carbocycles. The number of anilines is 1. The summed E-state index contributed by atoms with van der Waals surface area (Å²) in [6.45, 7) is 10.0. The molecular formula is C21H35N5. The van der Waals surface area contributed by atoms with E-state index < -0.39 is 0 Å². The third kappa shape index (κ3) is 4.91. The summed E-state index contributed by atoms with van der Waals surface area (Å²) >= 11 is 0. The first-order chi connectivity index (χ1) is 12.7. The molecule has 3 rings (SSSR count). The molecule has 2 aliphatic rings. The summed E-state index contributed by atoms with van der Waals surface area (Å²) in [6, 6.07) is 9.91. The zero-order valence-electron chi connectivity index (χ0n) is 16.7. The second-order valence-electron chi connectivity index (χ2n) is 7.67. The van der Waals surface area contributed by atoms with E-state index in [2.05, 4.69) is 63.5 Å². The van der Waals surface area contributed by atoms with Gasteiger partial charge in [-0.1, -0.05) is 24.6 Å². The molecule has 2 heterocycles. The van der Waals surface area contributed by atoms with Gasteiger partial charge in [-0.15, -0.1) is 0 Å². The molecule has 26 heavy (non-hydrogen) atoms. The molecule has 2 unspecified atom stereocenters. The monoisotopic (exact) mass is 357 g/mol. The van der Waals surface area contributed by atoms with Crippen molar-refractivity contribution in [3.8, 4) is 0 Å². The van der Waals surface area contributed by atoms with Crippen LogP contribution in [0.3, 0.4) is 0 Å². The normalized spacial score (nSPS) is 22.7. The highest BCUT2D eigenvalue weighted by Gasteiger charge is 2.24. The van der Waals surface area contributed by atoms with Gasteiger partial charge < -0.3 is 15.5 Å². The molecule has 2 atom stereocenters. The van der Waals surface area contributed by atoms with Crippen LogP contribution in [-0.2, 0) is 0 Å². The van der Waals surface area contributed by atoms with E-state index in [1.165, 1.54) is 43.6 Å². The molecular weight excluding hydrogens is 322 g/mol. The van der Waals surface area contributed by atoms with Gasteiger partial charge in [0.15, 0.2) is 5.96 Å². The molecule has 0 aliphatic carbocycles. The van der Waals surface area contributed by atoms with Crippen LogP contribution in [0.4, 0.5) is 5.69 Å². The average Bonchev–Trinajstić information content (AvgIpc) is 3.34. The number of hydrogen-bond donors (Lipinski definition) is 2. The van der Waals surface area contributed by atoms with Crippen molar-refractivity contribution in [2.75, 3.05) is 44.7 Å². The highest BCUT2D eigenvalue weighted by atomic mass is 15.3. The molecule has 5 nitrogen and oxygen atoms in total. The van der Waals surface area contributed by atoms with Crippen LogP contribution >= 0.6 is 0 Å². The Labute approximate surface area is 158 Å². The zero-order valence-corrected chi connectivity index (χ0v) is 16.7. The van der Waals surface area contributed by atoms with E-state index in [0.29, 0.717) is 12.1 Å². The van der Waals surface area contributed by atoms with Crippen LogP contribution in [0, 0.1) is 6.92 Å². The maximum atomic E-state index is 4.45. The SMILES string of the molecule is CCC(CNC(=NC)NC1CCN(c2ccc(C)cc2)C1)N1CCCC1. The van der Waals surface area contributed by atoms with E-state index in [1.807, 2.05) is 7.05 Å². The summed E-state index contributed by atoms with van der Waals surface area (Å²) in [4.78, 5) is 9.53. The Morgan fingerprint density at radius 3 is 2.58 bits per heavy atom. The van der Waals surface area contributed by atoms with Gasteiger partial charge in [0.2, 0.25) is 0 Å². The van der Waals surface area contributed by atoms with E-state index in [9.17, 15) is 0 Å². The smallest absolute Gasteiger partial charge is 0.191 e. The first-order valence-electron chi connectivity index (χ1n) is 10.2. The van der Waals surface area contributed by atoms with Gasteiger partial charge in [0, 0.05) is 44.5 Å². The number of nitrogens with one attached hydrogen (secondary N) is 2. The molecule has 0 bridgehead atoms. The van der Waals surface area contributed by atoms with Gasteiger partial charge in [0.05, 0.1) is 0 Å². The first-order valence-corrected chi connectivity index (χ1v) is 10.2. The number of nitrogens with zero attached hydrogens (tertiary/aromatic N) is 3. The van der Waals surface area contributed by atoms with Gasteiger partial charge in [0.25, 0.3) is 0 Å². The summed E-state index contributed by atoms with van der Waals surface area (Å²) in [5, 5.41) is 7.19. The number of rotatable bonds is 6. The minimum Gasteiger partial charge on any atom is -0.369 e. The molecule has 2 saturated heterocycles. The Bertz CT molecular complexity index is 577. The van der Waals surface area contributed by atoms with Crippen LogP contribution in [0.15, 0.2) is 29.3 Å². The molecule has 0 amide bonds. The van der Waals surface area contributed by atoms with E-state index in [0.717, 1.165) is 32.0 Å². The zero-order chi connectivity index (χ0) is 18.4. The fourth-order valence-corrected chi connectivity index (χ4v) is 4.11. The highest BCUT2D eigenvalue weighted by Crippen LogP contribution is 2.20. The van der Waals surface area contributed by atoms with E-state index >= 15 is 0 Å². The summed E-state index contributed by atoms with van der Waals surface area (Å²) in [5.74, 6) is 0.943. The lowest BCUT2D eigenvalue weighted by molar-refractivity contribution is 0.236. The van der Waals surface area contributed by atoms with Crippen molar-refractivity contribution in [1.29, 1.82) is 0 Å². The predicted molar refractivity (Wildman–Crippen MR) is 111 cm³/mol. The second-order valence-corrected chi connectivity index (χ2v) is 7.67. The lowest BCUT2D eigenvalue weighted by Crippen LogP contribution is -2.49. The number of guanidine groups is 1. The lowest BCUT2D eigenvalue weighted by Gasteiger charge is -2.28. The summed E-state index contributed by atoms with van der Waals surface area (Å²) in [5.41, 5.74) is 2.64. The van der Waals surface area contributed by atoms with Crippen LogP contribution in [0.1, 0.15) is 38.2 Å². The molecule has 1 aromatic rings. The number of hydrogen-bond acceptors (Lipinski definition) is 3. The Kier molecular flexibility index (Phi) is 6.78. The molecule has 5 heteroatoms. The molecule has 144 valence electrons. The maximum absolute atomic E-state index is 4.45. The fraction of sp³-hybridized carbons (Fsp3) is 0.667. The second kappa shape index (κ2) is 9.26. The average molecular weight is 358 g/mol. The quantitative estimate of drug-likeness (QED) is 0.607.